The van der Waals surface area contributed by atoms with E-state index in [-0.39, 0.29) is 25.4 Å². The SMILES string of the molecule is NC(=O)c1c(NC(=O)COC(=O)[C@H]2CC(=O)N(Cc3ccco3)C2)sc2c1CCC2. The van der Waals surface area contributed by atoms with Crippen molar-refractivity contribution in [2.45, 2.75) is 32.2 Å². The van der Waals surface area contributed by atoms with Crippen LogP contribution in [0.5, 0.6) is 0 Å². The normalized spacial score (nSPS) is 17.8. The largest absolute Gasteiger partial charge is 0.467 e. The highest BCUT2D eigenvalue weighted by atomic mass is 32.1. The Morgan fingerprint density at radius 2 is 2.17 bits per heavy atom. The molecule has 4 rings (SSSR count). The van der Waals surface area contributed by atoms with Gasteiger partial charge in [-0.05, 0) is 37.0 Å². The van der Waals surface area contributed by atoms with Gasteiger partial charge in [0.2, 0.25) is 5.91 Å². The first-order valence-electron chi connectivity index (χ1n) is 9.63. The van der Waals surface area contributed by atoms with Crippen LogP contribution in [0.4, 0.5) is 5.00 Å². The molecule has 0 saturated carbocycles. The number of nitrogens with one attached hydrogen (secondary N) is 1. The van der Waals surface area contributed by atoms with E-state index in [4.69, 9.17) is 14.9 Å². The van der Waals surface area contributed by atoms with Crippen molar-refractivity contribution >= 4 is 40.0 Å². The summed E-state index contributed by atoms with van der Waals surface area (Å²) in [5.74, 6) is -1.91. The van der Waals surface area contributed by atoms with Crippen molar-refractivity contribution in [2.75, 3.05) is 18.5 Å². The fraction of sp³-hybridized carbons (Fsp3) is 0.400. The van der Waals surface area contributed by atoms with E-state index in [1.807, 2.05) is 0 Å². The van der Waals surface area contributed by atoms with Gasteiger partial charge >= 0.3 is 5.97 Å². The van der Waals surface area contributed by atoms with E-state index in [0.29, 0.717) is 16.3 Å². The Labute approximate surface area is 176 Å². The molecule has 0 bridgehead atoms. The Balaban J connectivity index is 1.30. The number of primary amides is 1. The fourth-order valence-corrected chi connectivity index (χ4v) is 5.15. The first kappa shape index (κ1) is 20.1. The van der Waals surface area contributed by atoms with E-state index in [1.165, 1.54) is 22.5 Å². The number of aryl methyl sites for hydroxylation is 1. The molecule has 0 spiro atoms. The summed E-state index contributed by atoms with van der Waals surface area (Å²) in [4.78, 5) is 51.0. The molecule has 3 amide bonds. The molecule has 0 aromatic carbocycles. The second-order valence-corrected chi connectivity index (χ2v) is 8.44. The molecular formula is C20H21N3O6S. The zero-order valence-electron chi connectivity index (χ0n) is 16.1. The average Bonchev–Trinajstić information content (AvgIpc) is 3.45. The lowest BCUT2D eigenvalue weighted by Crippen LogP contribution is -2.28. The van der Waals surface area contributed by atoms with Gasteiger partial charge in [0.25, 0.3) is 11.8 Å². The number of hydrogen-bond acceptors (Lipinski definition) is 7. The van der Waals surface area contributed by atoms with Gasteiger partial charge in [-0.1, -0.05) is 0 Å². The van der Waals surface area contributed by atoms with Crippen LogP contribution in [-0.2, 0) is 38.5 Å². The number of carbonyl (C=O) groups is 4. The maximum absolute atomic E-state index is 12.3. The van der Waals surface area contributed by atoms with Gasteiger partial charge in [-0.3, -0.25) is 19.2 Å². The molecule has 1 aliphatic carbocycles. The maximum Gasteiger partial charge on any atom is 0.311 e. The molecule has 10 heteroatoms. The number of likely N-dealkylation sites (tertiary alicyclic amines) is 1. The van der Waals surface area contributed by atoms with Crippen LogP contribution < -0.4 is 11.1 Å². The van der Waals surface area contributed by atoms with Crippen molar-refractivity contribution in [3.63, 3.8) is 0 Å². The number of anilines is 1. The van der Waals surface area contributed by atoms with Crippen LogP contribution >= 0.6 is 11.3 Å². The first-order valence-corrected chi connectivity index (χ1v) is 10.4. The quantitative estimate of drug-likeness (QED) is 0.638. The summed E-state index contributed by atoms with van der Waals surface area (Å²) in [6, 6.07) is 3.48. The van der Waals surface area contributed by atoms with Gasteiger partial charge in [0, 0.05) is 17.8 Å². The fourth-order valence-electron chi connectivity index (χ4n) is 3.84. The third kappa shape index (κ3) is 4.09. The van der Waals surface area contributed by atoms with Crippen molar-refractivity contribution in [1.29, 1.82) is 0 Å². The number of carbonyl (C=O) groups excluding carboxylic acids is 4. The van der Waals surface area contributed by atoms with Crippen LogP contribution in [0.2, 0.25) is 0 Å². The van der Waals surface area contributed by atoms with E-state index in [2.05, 4.69) is 5.32 Å². The third-order valence-corrected chi connectivity index (χ3v) is 6.45. The minimum atomic E-state index is -0.632. The summed E-state index contributed by atoms with van der Waals surface area (Å²) in [6.07, 6.45) is 4.13. The molecule has 3 N–H and O–H groups in total. The van der Waals surface area contributed by atoms with Crippen LogP contribution in [0.3, 0.4) is 0 Å². The summed E-state index contributed by atoms with van der Waals surface area (Å²) in [5.41, 5.74) is 6.73. The third-order valence-electron chi connectivity index (χ3n) is 5.24. The number of furan rings is 1. The van der Waals surface area contributed by atoms with Crippen molar-refractivity contribution < 1.29 is 28.3 Å². The van der Waals surface area contributed by atoms with E-state index < -0.39 is 30.3 Å². The Hall–Kier alpha value is -3.14. The topological polar surface area (TPSA) is 132 Å². The van der Waals surface area contributed by atoms with Crippen LogP contribution in [-0.4, -0.2) is 41.7 Å². The second-order valence-electron chi connectivity index (χ2n) is 7.34. The predicted molar refractivity (Wildman–Crippen MR) is 107 cm³/mol. The average molecular weight is 431 g/mol. The summed E-state index contributed by atoms with van der Waals surface area (Å²) in [7, 11) is 0. The van der Waals surface area contributed by atoms with Gasteiger partial charge < -0.3 is 25.1 Å². The minimum absolute atomic E-state index is 0.0324. The zero-order valence-corrected chi connectivity index (χ0v) is 17.0. The lowest BCUT2D eigenvalue weighted by molar-refractivity contribution is -0.151. The van der Waals surface area contributed by atoms with Gasteiger partial charge in [0.15, 0.2) is 6.61 Å². The maximum atomic E-state index is 12.3. The van der Waals surface area contributed by atoms with Gasteiger partial charge in [-0.25, -0.2) is 0 Å². The highest BCUT2D eigenvalue weighted by molar-refractivity contribution is 7.17. The highest BCUT2D eigenvalue weighted by Crippen LogP contribution is 2.38. The molecule has 2 aromatic heterocycles. The summed E-state index contributed by atoms with van der Waals surface area (Å²) < 4.78 is 10.3. The molecule has 0 unspecified atom stereocenters. The standard InChI is InChI=1S/C20H21N3O6S/c21-18(26)17-13-4-1-5-14(13)30-19(17)22-15(24)10-29-20(27)11-7-16(25)23(8-11)9-12-3-2-6-28-12/h2-3,6,11H,1,4-5,7-10H2,(H2,21,26)(H,22,24)/t11-/m0/s1. The van der Waals surface area contributed by atoms with Crippen molar-refractivity contribution in [2.24, 2.45) is 11.7 Å². The Morgan fingerprint density at radius 1 is 1.33 bits per heavy atom. The van der Waals surface area contributed by atoms with Gasteiger partial charge in [-0.15, -0.1) is 11.3 Å². The van der Waals surface area contributed by atoms with Crippen LogP contribution in [0.15, 0.2) is 22.8 Å². The predicted octanol–water partition coefficient (Wildman–Crippen LogP) is 1.46. The number of nitrogens with two attached hydrogens (primary N) is 1. The lowest BCUT2D eigenvalue weighted by atomic mass is 10.1. The molecule has 2 aliphatic rings. The molecule has 0 radical (unpaired) electrons. The Kier molecular flexibility index (Phi) is 5.58. The molecule has 3 heterocycles. The van der Waals surface area contributed by atoms with Gasteiger partial charge in [0.05, 0.1) is 24.3 Å². The van der Waals surface area contributed by atoms with Crippen molar-refractivity contribution in [3.05, 3.63) is 40.2 Å². The van der Waals surface area contributed by atoms with Crippen LogP contribution in [0, 0.1) is 5.92 Å². The highest BCUT2D eigenvalue weighted by Gasteiger charge is 2.36. The summed E-state index contributed by atoms with van der Waals surface area (Å²) in [5, 5.41) is 3.02. The molecule has 1 fully saturated rings. The van der Waals surface area contributed by atoms with E-state index in [9.17, 15) is 19.2 Å². The minimum Gasteiger partial charge on any atom is -0.467 e. The number of fused-ring (bicyclic) bond motifs is 1. The second kappa shape index (κ2) is 8.31. The van der Waals surface area contributed by atoms with Crippen molar-refractivity contribution in [1.82, 2.24) is 4.90 Å². The monoisotopic (exact) mass is 431 g/mol. The zero-order chi connectivity index (χ0) is 21.3. The van der Waals surface area contributed by atoms with E-state index in [1.54, 1.807) is 12.1 Å². The molecule has 1 aliphatic heterocycles. The van der Waals surface area contributed by atoms with Gasteiger partial charge in [-0.2, -0.15) is 0 Å². The number of nitrogens with zero attached hydrogens (tertiary/aromatic N) is 1. The first-order chi connectivity index (χ1) is 14.4. The smallest absolute Gasteiger partial charge is 0.311 e. The molecule has 158 valence electrons. The molecule has 1 saturated heterocycles. The molecule has 2 aromatic rings. The summed E-state index contributed by atoms with van der Waals surface area (Å²) in [6.45, 7) is 0.000961. The summed E-state index contributed by atoms with van der Waals surface area (Å²) >= 11 is 1.33. The Morgan fingerprint density at radius 3 is 2.90 bits per heavy atom. The Bertz CT molecular complexity index is 997. The number of hydrogen-bond donors (Lipinski definition) is 2. The number of amides is 3. The van der Waals surface area contributed by atoms with Crippen LogP contribution in [0.1, 0.15) is 39.4 Å². The number of rotatable bonds is 7. The van der Waals surface area contributed by atoms with E-state index in [0.717, 1.165) is 29.7 Å². The molecular weight excluding hydrogens is 410 g/mol. The number of ether oxygens (including phenoxy) is 1. The molecule has 1 atom stereocenters. The van der Waals surface area contributed by atoms with Gasteiger partial charge in [0.1, 0.15) is 10.8 Å². The molecule has 9 nitrogen and oxygen atoms in total. The molecule has 30 heavy (non-hydrogen) atoms. The van der Waals surface area contributed by atoms with Crippen molar-refractivity contribution in [3.8, 4) is 0 Å². The number of esters is 1. The number of thiophene rings is 1. The lowest BCUT2D eigenvalue weighted by Gasteiger charge is -2.14. The van der Waals surface area contributed by atoms with E-state index >= 15 is 0 Å². The van der Waals surface area contributed by atoms with Crippen LogP contribution in [0.25, 0.3) is 0 Å².